The van der Waals surface area contributed by atoms with Gasteiger partial charge in [-0.05, 0) is 25.0 Å². The number of halogens is 1. The molecule has 0 N–H and O–H groups in total. The zero-order chi connectivity index (χ0) is 12.6. The van der Waals surface area contributed by atoms with Crippen molar-refractivity contribution in [2.24, 2.45) is 0 Å². The molecule has 1 aromatic carbocycles. The number of benzene rings is 1. The van der Waals surface area contributed by atoms with Crippen LogP contribution in [0.25, 0.3) is 0 Å². The minimum atomic E-state index is -0.587. The van der Waals surface area contributed by atoms with Crippen molar-refractivity contribution in [3.63, 3.8) is 0 Å². The van der Waals surface area contributed by atoms with Crippen LogP contribution < -0.4 is 0 Å². The van der Waals surface area contributed by atoms with Gasteiger partial charge >= 0.3 is 0 Å². The van der Waals surface area contributed by atoms with E-state index < -0.39 is 4.92 Å². The quantitative estimate of drug-likeness (QED) is 0.615. The summed E-state index contributed by atoms with van der Waals surface area (Å²) >= 11 is 5.68. The number of amides is 1. The molecule has 1 aliphatic rings. The molecule has 90 valence electrons. The van der Waals surface area contributed by atoms with E-state index in [4.69, 9.17) is 11.6 Å². The minimum absolute atomic E-state index is 0.0422. The third kappa shape index (κ3) is 2.39. The van der Waals surface area contributed by atoms with E-state index in [9.17, 15) is 14.9 Å². The van der Waals surface area contributed by atoms with Gasteiger partial charge in [-0.2, -0.15) is 0 Å². The second kappa shape index (κ2) is 4.33. The molecule has 0 unspecified atom stereocenters. The van der Waals surface area contributed by atoms with Gasteiger partial charge in [-0.15, -0.1) is 0 Å². The molecule has 0 bridgehead atoms. The first-order chi connectivity index (χ1) is 8.00. The highest BCUT2D eigenvalue weighted by Crippen LogP contribution is 2.29. The molecule has 1 aliphatic carbocycles. The van der Waals surface area contributed by atoms with E-state index in [0.717, 1.165) is 12.8 Å². The summed E-state index contributed by atoms with van der Waals surface area (Å²) in [5, 5.41) is 10.8. The van der Waals surface area contributed by atoms with Gasteiger partial charge in [0, 0.05) is 24.7 Å². The van der Waals surface area contributed by atoms with Crippen LogP contribution >= 0.6 is 11.6 Å². The molecular formula is C11H11ClN2O3. The summed E-state index contributed by atoms with van der Waals surface area (Å²) < 4.78 is 0. The number of hydrogen-bond donors (Lipinski definition) is 0. The van der Waals surface area contributed by atoms with Crippen LogP contribution in [0.2, 0.25) is 5.02 Å². The molecule has 0 heterocycles. The zero-order valence-electron chi connectivity index (χ0n) is 9.22. The number of rotatable bonds is 3. The van der Waals surface area contributed by atoms with E-state index in [1.807, 2.05) is 0 Å². The largest absolute Gasteiger partial charge is 0.339 e. The fraction of sp³-hybridized carbons (Fsp3) is 0.364. The van der Waals surface area contributed by atoms with Crippen LogP contribution in [0, 0.1) is 10.1 Å². The predicted octanol–water partition coefficient (Wildman–Crippen LogP) is 2.48. The molecule has 0 aromatic heterocycles. The SMILES string of the molecule is CN(C(=O)c1ccc(Cl)c([N+](=O)[O-])c1)C1CC1. The van der Waals surface area contributed by atoms with Gasteiger partial charge < -0.3 is 4.90 Å². The highest BCUT2D eigenvalue weighted by atomic mass is 35.5. The maximum atomic E-state index is 12.0. The lowest BCUT2D eigenvalue weighted by atomic mass is 10.2. The molecule has 1 fully saturated rings. The van der Waals surface area contributed by atoms with Crippen molar-refractivity contribution in [3.8, 4) is 0 Å². The van der Waals surface area contributed by atoms with Gasteiger partial charge in [0.05, 0.1) is 4.92 Å². The molecule has 5 nitrogen and oxygen atoms in total. The van der Waals surface area contributed by atoms with Gasteiger partial charge in [0.1, 0.15) is 5.02 Å². The standard InChI is InChI=1S/C11H11ClN2O3/c1-13(8-3-4-8)11(15)7-2-5-9(12)10(6-7)14(16)17/h2,5-6,8H,3-4H2,1H3. The summed E-state index contributed by atoms with van der Waals surface area (Å²) in [5.74, 6) is -0.202. The lowest BCUT2D eigenvalue weighted by Crippen LogP contribution is -2.28. The van der Waals surface area contributed by atoms with Crippen LogP contribution in [0.5, 0.6) is 0 Å². The summed E-state index contributed by atoms with van der Waals surface area (Å²) in [6, 6.07) is 4.39. The Morgan fingerprint density at radius 2 is 2.18 bits per heavy atom. The Kier molecular flexibility index (Phi) is 3.02. The van der Waals surface area contributed by atoms with E-state index >= 15 is 0 Å². The first kappa shape index (κ1) is 11.9. The molecular weight excluding hydrogens is 244 g/mol. The Bertz CT molecular complexity index is 486. The van der Waals surface area contributed by atoms with Gasteiger partial charge in [-0.25, -0.2) is 0 Å². The molecule has 2 rings (SSSR count). The molecule has 0 radical (unpaired) electrons. The molecule has 0 saturated heterocycles. The third-order valence-electron chi connectivity index (χ3n) is 2.80. The predicted molar refractivity (Wildman–Crippen MR) is 63.2 cm³/mol. The van der Waals surface area contributed by atoms with Crippen LogP contribution in [0.1, 0.15) is 23.2 Å². The van der Waals surface area contributed by atoms with Crippen LogP contribution in [0.15, 0.2) is 18.2 Å². The Morgan fingerprint density at radius 1 is 1.53 bits per heavy atom. The topological polar surface area (TPSA) is 63.5 Å². The fourth-order valence-corrected chi connectivity index (χ4v) is 1.80. The Balaban J connectivity index is 2.29. The van der Waals surface area contributed by atoms with Gasteiger partial charge in [0.2, 0.25) is 0 Å². The molecule has 1 amide bonds. The van der Waals surface area contributed by atoms with Crippen molar-refractivity contribution < 1.29 is 9.72 Å². The molecule has 0 spiro atoms. The van der Waals surface area contributed by atoms with Crippen molar-refractivity contribution in [3.05, 3.63) is 38.9 Å². The first-order valence-electron chi connectivity index (χ1n) is 5.22. The van der Waals surface area contributed by atoms with E-state index in [2.05, 4.69) is 0 Å². The second-order valence-corrected chi connectivity index (χ2v) is 4.48. The summed E-state index contributed by atoms with van der Waals surface area (Å²) in [5.41, 5.74) is 0.0669. The lowest BCUT2D eigenvalue weighted by molar-refractivity contribution is -0.384. The van der Waals surface area contributed by atoms with Crippen molar-refractivity contribution in [2.45, 2.75) is 18.9 Å². The minimum Gasteiger partial charge on any atom is -0.339 e. The van der Waals surface area contributed by atoms with Gasteiger partial charge in [-0.3, -0.25) is 14.9 Å². The highest BCUT2D eigenvalue weighted by molar-refractivity contribution is 6.32. The number of nitrogens with zero attached hydrogens (tertiary/aromatic N) is 2. The average Bonchev–Trinajstić information content (AvgIpc) is 3.11. The van der Waals surface area contributed by atoms with Gasteiger partial charge in [0.25, 0.3) is 11.6 Å². The first-order valence-corrected chi connectivity index (χ1v) is 5.59. The van der Waals surface area contributed by atoms with Crippen molar-refractivity contribution in [1.29, 1.82) is 0 Å². The maximum Gasteiger partial charge on any atom is 0.288 e. The number of hydrogen-bond acceptors (Lipinski definition) is 3. The van der Waals surface area contributed by atoms with E-state index in [0.29, 0.717) is 5.56 Å². The number of nitro benzene ring substituents is 1. The van der Waals surface area contributed by atoms with Crippen molar-refractivity contribution >= 4 is 23.2 Å². The molecule has 0 atom stereocenters. The van der Waals surface area contributed by atoms with E-state index in [1.165, 1.54) is 18.2 Å². The zero-order valence-corrected chi connectivity index (χ0v) is 9.98. The van der Waals surface area contributed by atoms with Crippen LogP contribution in [-0.4, -0.2) is 28.8 Å². The number of carbonyl (C=O) groups is 1. The van der Waals surface area contributed by atoms with E-state index in [1.54, 1.807) is 11.9 Å². The molecule has 0 aliphatic heterocycles. The van der Waals surface area contributed by atoms with E-state index in [-0.39, 0.29) is 22.7 Å². The Morgan fingerprint density at radius 3 is 2.71 bits per heavy atom. The summed E-state index contributed by atoms with van der Waals surface area (Å²) in [6.07, 6.45) is 2.00. The summed E-state index contributed by atoms with van der Waals surface area (Å²) in [4.78, 5) is 23.7. The maximum absolute atomic E-state index is 12.0. The Labute approximate surface area is 103 Å². The number of carbonyl (C=O) groups excluding carboxylic acids is 1. The molecule has 6 heteroatoms. The molecule has 1 saturated carbocycles. The third-order valence-corrected chi connectivity index (χ3v) is 3.12. The summed E-state index contributed by atoms with van der Waals surface area (Å²) in [6.45, 7) is 0. The summed E-state index contributed by atoms with van der Waals surface area (Å²) in [7, 11) is 1.71. The monoisotopic (exact) mass is 254 g/mol. The van der Waals surface area contributed by atoms with Gasteiger partial charge in [-0.1, -0.05) is 11.6 Å². The smallest absolute Gasteiger partial charge is 0.288 e. The fourth-order valence-electron chi connectivity index (χ4n) is 1.62. The molecule has 1 aromatic rings. The van der Waals surface area contributed by atoms with Crippen molar-refractivity contribution in [2.75, 3.05) is 7.05 Å². The van der Waals surface area contributed by atoms with Crippen LogP contribution in [-0.2, 0) is 0 Å². The lowest BCUT2D eigenvalue weighted by Gasteiger charge is -2.16. The van der Waals surface area contributed by atoms with Crippen LogP contribution in [0.4, 0.5) is 5.69 Å². The highest BCUT2D eigenvalue weighted by Gasteiger charge is 2.30. The van der Waals surface area contributed by atoms with Gasteiger partial charge in [0.15, 0.2) is 0 Å². The van der Waals surface area contributed by atoms with Crippen molar-refractivity contribution in [1.82, 2.24) is 4.90 Å². The average molecular weight is 255 g/mol. The second-order valence-electron chi connectivity index (χ2n) is 4.07. The molecule has 17 heavy (non-hydrogen) atoms. The van der Waals surface area contributed by atoms with Crippen LogP contribution in [0.3, 0.4) is 0 Å². The normalized spacial score (nSPS) is 14.5. The Hall–Kier alpha value is -1.62. The number of nitro groups is 1.